The van der Waals surface area contributed by atoms with Crippen LogP contribution in [0.2, 0.25) is 0 Å². The van der Waals surface area contributed by atoms with E-state index >= 15 is 0 Å². The van der Waals surface area contributed by atoms with Gasteiger partial charge < -0.3 is 9.47 Å². The number of hydrogen-bond donors (Lipinski definition) is 0. The van der Waals surface area contributed by atoms with Gasteiger partial charge in [0.05, 0.1) is 12.6 Å². The van der Waals surface area contributed by atoms with Gasteiger partial charge in [-0.1, -0.05) is 12.1 Å². The molecule has 0 unspecified atom stereocenters. The topological polar surface area (TPSA) is 74.4 Å². The van der Waals surface area contributed by atoms with E-state index in [0.717, 1.165) is 31.8 Å². The van der Waals surface area contributed by atoms with Gasteiger partial charge in [0.15, 0.2) is 29.1 Å². The number of benzene rings is 1. The minimum atomic E-state index is -0.349. The Morgan fingerprint density at radius 3 is 2.69 bits per heavy atom. The smallest absolute Gasteiger partial charge is 0.192 e. The third-order valence-electron chi connectivity index (χ3n) is 4.85. The molecule has 0 amide bonds. The summed E-state index contributed by atoms with van der Waals surface area (Å²) in [6.07, 6.45) is 1.35. The van der Waals surface area contributed by atoms with Crippen LogP contribution in [0.1, 0.15) is 30.1 Å². The van der Waals surface area contributed by atoms with Crippen molar-refractivity contribution >= 4 is 37.4 Å². The van der Waals surface area contributed by atoms with Crippen molar-refractivity contribution in [2.75, 3.05) is 7.11 Å². The number of aryl methyl sites for hydroxylation is 2. The summed E-state index contributed by atoms with van der Waals surface area (Å²) in [6.45, 7) is 6.02. The van der Waals surface area contributed by atoms with Crippen LogP contribution in [0.3, 0.4) is 0 Å². The number of methoxy groups -OCH3 is 1. The number of hydrogen-bond acceptors (Lipinski definition) is 7. The number of pyridine rings is 1. The number of nitrogens with zero attached hydrogens (tertiary/aromatic N) is 5. The maximum Gasteiger partial charge on any atom is 0.192 e. The van der Waals surface area contributed by atoms with Crippen LogP contribution < -0.4 is 9.47 Å². The first-order chi connectivity index (χ1) is 14.0. The van der Waals surface area contributed by atoms with Crippen LogP contribution in [0, 0.1) is 13.8 Å². The van der Waals surface area contributed by atoms with Gasteiger partial charge in [0.25, 0.3) is 0 Å². The van der Waals surface area contributed by atoms with Gasteiger partial charge >= 0.3 is 0 Å². The summed E-state index contributed by atoms with van der Waals surface area (Å²) in [6, 6.07) is 9.62. The molecule has 8 heteroatoms. The minimum absolute atomic E-state index is 0.349. The Kier molecular flexibility index (Phi) is 4.09. The summed E-state index contributed by atoms with van der Waals surface area (Å²) in [5.41, 5.74) is 3.85. The average Bonchev–Trinajstić information content (AvgIpc) is 3.29. The number of thiophene rings is 1. The number of fused-ring (bicyclic) bond motifs is 5. The summed E-state index contributed by atoms with van der Waals surface area (Å²) < 4.78 is 14.1. The fraction of sp³-hybridized carbons (Fsp3) is 0.238. The van der Waals surface area contributed by atoms with Crippen molar-refractivity contribution in [3.05, 3.63) is 53.7 Å². The standard InChI is InChI=1S/C21H19N5O2S/c1-11-9-12(2)23-21-16(11)17-18(29-21)20-24-19(25-26(20)10-22-17)13(3)28-15-8-6-5-7-14(15)27-4/h5-10,13H,1-4H3/t13-/m1/s1. The molecule has 4 aromatic heterocycles. The molecule has 0 N–H and O–H groups in total. The summed E-state index contributed by atoms with van der Waals surface area (Å²) in [5, 5.41) is 5.67. The van der Waals surface area contributed by atoms with Crippen LogP contribution in [-0.4, -0.2) is 31.7 Å². The summed E-state index contributed by atoms with van der Waals surface area (Å²) in [4.78, 5) is 15.1. The van der Waals surface area contributed by atoms with E-state index in [-0.39, 0.29) is 6.10 Å². The number of rotatable bonds is 4. The van der Waals surface area contributed by atoms with Crippen LogP contribution in [0.5, 0.6) is 11.5 Å². The molecule has 0 saturated carbocycles. The summed E-state index contributed by atoms with van der Waals surface area (Å²) in [7, 11) is 1.62. The lowest BCUT2D eigenvalue weighted by molar-refractivity contribution is 0.206. The van der Waals surface area contributed by atoms with Crippen LogP contribution in [0.15, 0.2) is 36.7 Å². The minimum Gasteiger partial charge on any atom is -0.493 e. The normalized spacial score (nSPS) is 12.7. The van der Waals surface area contributed by atoms with Crippen molar-refractivity contribution in [1.82, 2.24) is 24.6 Å². The third kappa shape index (κ3) is 2.87. The molecule has 5 rings (SSSR count). The third-order valence-corrected chi connectivity index (χ3v) is 5.91. The second kappa shape index (κ2) is 6.66. The lowest BCUT2D eigenvalue weighted by Gasteiger charge is -2.14. The van der Waals surface area contributed by atoms with E-state index in [1.165, 1.54) is 5.56 Å². The van der Waals surface area contributed by atoms with Crippen molar-refractivity contribution in [3.8, 4) is 11.5 Å². The molecule has 0 saturated heterocycles. The fourth-order valence-electron chi connectivity index (χ4n) is 3.52. The zero-order chi connectivity index (χ0) is 20.1. The van der Waals surface area contributed by atoms with E-state index in [2.05, 4.69) is 28.1 Å². The molecular formula is C21H19N5O2S. The van der Waals surface area contributed by atoms with Gasteiger partial charge in [-0.15, -0.1) is 16.4 Å². The molecule has 7 nitrogen and oxygen atoms in total. The molecule has 0 spiro atoms. The molecule has 4 heterocycles. The maximum atomic E-state index is 6.07. The highest BCUT2D eigenvalue weighted by atomic mass is 32.1. The first-order valence-electron chi connectivity index (χ1n) is 9.26. The molecule has 1 atom stereocenters. The maximum absolute atomic E-state index is 6.07. The SMILES string of the molecule is COc1ccccc1O[C@H](C)c1nc2c3sc4nc(C)cc(C)c4c3ncn2n1. The highest BCUT2D eigenvalue weighted by Crippen LogP contribution is 2.36. The van der Waals surface area contributed by atoms with E-state index in [9.17, 15) is 0 Å². The Bertz CT molecular complexity index is 1370. The highest BCUT2D eigenvalue weighted by molar-refractivity contribution is 7.26. The van der Waals surface area contributed by atoms with Crippen LogP contribution >= 0.6 is 11.3 Å². The first-order valence-corrected chi connectivity index (χ1v) is 10.1. The van der Waals surface area contributed by atoms with Crippen molar-refractivity contribution < 1.29 is 9.47 Å². The lowest BCUT2D eigenvalue weighted by Crippen LogP contribution is -2.06. The van der Waals surface area contributed by atoms with Gasteiger partial charge in [-0.25, -0.2) is 19.5 Å². The van der Waals surface area contributed by atoms with E-state index in [4.69, 9.17) is 14.5 Å². The van der Waals surface area contributed by atoms with Crippen LogP contribution in [0.4, 0.5) is 0 Å². The van der Waals surface area contributed by atoms with Crippen LogP contribution in [0.25, 0.3) is 26.1 Å². The van der Waals surface area contributed by atoms with Crippen LogP contribution in [-0.2, 0) is 0 Å². The Labute approximate surface area is 171 Å². The Hall–Kier alpha value is -3.26. The quantitative estimate of drug-likeness (QED) is 0.433. The average molecular weight is 405 g/mol. The van der Waals surface area contributed by atoms with E-state index in [1.54, 1.807) is 29.3 Å². The summed E-state index contributed by atoms with van der Waals surface area (Å²) in [5.74, 6) is 1.92. The fourth-order valence-corrected chi connectivity index (χ4v) is 4.74. The number of ether oxygens (including phenoxy) is 2. The molecular weight excluding hydrogens is 386 g/mol. The molecule has 0 radical (unpaired) electrons. The van der Waals surface area contributed by atoms with Crippen molar-refractivity contribution in [2.45, 2.75) is 26.9 Å². The Balaban J connectivity index is 1.61. The van der Waals surface area contributed by atoms with E-state index in [0.29, 0.717) is 17.3 Å². The van der Waals surface area contributed by atoms with E-state index in [1.807, 2.05) is 38.1 Å². The largest absolute Gasteiger partial charge is 0.493 e. The second-order valence-electron chi connectivity index (χ2n) is 6.93. The second-order valence-corrected chi connectivity index (χ2v) is 7.93. The monoisotopic (exact) mass is 405 g/mol. The number of aromatic nitrogens is 5. The van der Waals surface area contributed by atoms with Gasteiger partial charge in [-0.2, -0.15) is 0 Å². The molecule has 146 valence electrons. The summed E-state index contributed by atoms with van der Waals surface area (Å²) >= 11 is 1.60. The predicted octanol–water partition coefficient (Wildman–Crippen LogP) is 4.65. The molecule has 0 fully saturated rings. The Morgan fingerprint density at radius 2 is 1.90 bits per heavy atom. The van der Waals surface area contributed by atoms with Crippen molar-refractivity contribution in [1.29, 1.82) is 0 Å². The lowest BCUT2D eigenvalue weighted by atomic mass is 10.1. The van der Waals surface area contributed by atoms with Gasteiger partial charge in [-0.05, 0) is 44.5 Å². The number of para-hydroxylation sites is 2. The van der Waals surface area contributed by atoms with Gasteiger partial charge in [0.2, 0.25) is 0 Å². The van der Waals surface area contributed by atoms with Gasteiger partial charge in [-0.3, -0.25) is 0 Å². The molecule has 0 aliphatic rings. The first kappa shape index (κ1) is 17.8. The molecule has 1 aromatic carbocycles. The Morgan fingerprint density at radius 1 is 1.10 bits per heavy atom. The molecule has 0 aliphatic carbocycles. The van der Waals surface area contributed by atoms with E-state index < -0.39 is 0 Å². The highest BCUT2D eigenvalue weighted by Gasteiger charge is 2.20. The molecule has 29 heavy (non-hydrogen) atoms. The zero-order valence-electron chi connectivity index (χ0n) is 16.5. The molecule has 0 aliphatic heterocycles. The van der Waals surface area contributed by atoms with Gasteiger partial charge in [0.1, 0.15) is 15.9 Å². The zero-order valence-corrected chi connectivity index (χ0v) is 17.3. The van der Waals surface area contributed by atoms with Crippen molar-refractivity contribution in [2.24, 2.45) is 0 Å². The van der Waals surface area contributed by atoms with Crippen molar-refractivity contribution in [3.63, 3.8) is 0 Å². The predicted molar refractivity (Wildman–Crippen MR) is 113 cm³/mol. The molecule has 0 bridgehead atoms. The van der Waals surface area contributed by atoms with Gasteiger partial charge in [0, 0.05) is 11.1 Å². The molecule has 5 aromatic rings.